The molecule has 2 unspecified atom stereocenters. The molecule has 2 atom stereocenters. The Bertz CT molecular complexity index is 446. The predicted octanol–water partition coefficient (Wildman–Crippen LogP) is 2.00. The van der Waals surface area contributed by atoms with Crippen LogP contribution >= 0.6 is 0 Å². The van der Waals surface area contributed by atoms with E-state index in [9.17, 15) is 4.79 Å². The molecule has 0 saturated heterocycles. The number of nitrogens with two attached hydrogens (primary N) is 1. The summed E-state index contributed by atoms with van der Waals surface area (Å²) < 4.78 is 5.58. The molecular weight excluding hydrogens is 240 g/mol. The number of carbonyl (C=O) groups excluding carboxylic acids is 1. The molecule has 1 heterocycles. The van der Waals surface area contributed by atoms with Gasteiger partial charge < -0.3 is 15.8 Å². The summed E-state index contributed by atoms with van der Waals surface area (Å²) in [5, 5.41) is 3.06. The van der Waals surface area contributed by atoms with E-state index in [1.807, 2.05) is 38.1 Å². The van der Waals surface area contributed by atoms with Crippen LogP contribution < -0.4 is 15.8 Å². The first-order chi connectivity index (χ1) is 9.08. The fourth-order valence-electron chi connectivity index (χ4n) is 2.20. The van der Waals surface area contributed by atoms with E-state index in [1.165, 1.54) is 0 Å². The van der Waals surface area contributed by atoms with Gasteiger partial charge in [-0.1, -0.05) is 32.0 Å². The minimum Gasteiger partial charge on any atom is -0.493 e. The lowest BCUT2D eigenvalue weighted by atomic mass is 9.98. The molecule has 1 aliphatic heterocycles. The highest BCUT2D eigenvalue weighted by Gasteiger charge is 2.23. The minimum atomic E-state index is -0.0879. The minimum absolute atomic E-state index is 0.0166. The zero-order valence-electron chi connectivity index (χ0n) is 11.6. The number of benzene rings is 1. The Morgan fingerprint density at radius 2 is 2.21 bits per heavy atom. The van der Waals surface area contributed by atoms with Gasteiger partial charge in [-0.2, -0.15) is 0 Å². The summed E-state index contributed by atoms with van der Waals surface area (Å²) in [6, 6.07) is 7.80. The second-order valence-corrected chi connectivity index (χ2v) is 5.41. The normalized spacial score (nSPS) is 19.5. The average Bonchev–Trinajstić information content (AvgIpc) is 2.39. The average molecular weight is 262 g/mol. The van der Waals surface area contributed by atoms with Crippen molar-refractivity contribution in [3.8, 4) is 5.75 Å². The van der Waals surface area contributed by atoms with Crippen molar-refractivity contribution in [2.75, 3.05) is 6.61 Å². The Hall–Kier alpha value is -1.55. The van der Waals surface area contributed by atoms with Crippen LogP contribution in [-0.4, -0.2) is 18.6 Å². The summed E-state index contributed by atoms with van der Waals surface area (Å²) in [6.07, 6.45) is 1.18. The fourth-order valence-corrected chi connectivity index (χ4v) is 2.20. The highest BCUT2D eigenvalue weighted by atomic mass is 16.5. The van der Waals surface area contributed by atoms with Crippen molar-refractivity contribution >= 4 is 5.91 Å². The van der Waals surface area contributed by atoms with Crippen LogP contribution in [0.3, 0.4) is 0 Å². The molecule has 3 N–H and O–H groups in total. The Balaban J connectivity index is 1.99. The standard InChI is InChI=1S/C15H22N2O2/c1-10(2)12(16)9-15(18)17-13-7-8-19-14-6-4-3-5-11(13)14/h3-6,10,12-13H,7-9,16H2,1-2H3,(H,17,18). The maximum Gasteiger partial charge on any atom is 0.222 e. The van der Waals surface area contributed by atoms with Crippen LogP contribution in [0.15, 0.2) is 24.3 Å². The molecule has 104 valence electrons. The van der Waals surface area contributed by atoms with Crippen LogP contribution in [0.4, 0.5) is 0 Å². The first-order valence-electron chi connectivity index (χ1n) is 6.84. The molecule has 19 heavy (non-hydrogen) atoms. The molecule has 0 aromatic heterocycles. The summed E-state index contributed by atoms with van der Waals surface area (Å²) in [7, 11) is 0. The third-order valence-corrected chi connectivity index (χ3v) is 3.57. The molecular formula is C15H22N2O2. The third-order valence-electron chi connectivity index (χ3n) is 3.57. The molecule has 0 aliphatic carbocycles. The van der Waals surface area contributed by atoms with Gasteiger partial charge in [-0.3, -0.25) is 4.79 Å². The lowest BCUT2D eigenvalue weighted by Gasteiger charge is -2.27. The number of rotatable bonds is 4. The molecule has 1 aromatic rings. The molecule has 1 amide bonds. The van der Waals surface area contributed by atoms with E-state index < -0.39 is 0 Å². The Morgan fingerprint density at radius 1 is 1.47 bits per heavy atom. The van der Waals surface area contributed by atoms with E-state index in [0.717, 1.165) is 17.7 Å². The van der Waals surface area contributed by atoms with E-state index in [2.05, 4.69) is 5.32 Å². The molecule has 0 saturated carbocycles. The van der Waals surface area contributed by atoms with Crippen LogP contribution in [0, 0.1) is 5.92 Å². The van der Waals surface area contributed by atoms with Crippen molar-refractivity contribution in [2.45, 2.75) is 38.8 Å². The van der Waals surface area contributed by atoms with Crippen molar-refractivity contribution in [3.05, 3.63) is 29.8 Å². The smallest absolute Gasteiger partial charge is 0.222 e. The molecule has 0 radical (unpaired) electrons. The third kappa shape index (κ3) is 3.47. The van der Waals surface area contributed by atoms with Crippen LogP contribution in [0.1, 0.15) is 38.3 Å². The number of amides is 1. The van der Waals surface area contributed by atoms with Crippen molar-refractivity contribution < 1.29 is 9.53 Å². The second-order valence-electron chi connectivity index (χ2n) is 5.41. The fraction of sp³-hybridized carbons (Fsp3) is 0.533. The molecule has 0 spiro atoms. The maximum absolute atomic E-state index is 12.0. The number of fused-ring (bicyclic) bond motifs is 1. The SMILES string of the molecule is CC(C)C(N)CC(=O)NC1CCOc2ccccc21. The number of carbonyl (C=O) groups is 1. The van der Waals surface area contributed by atoms with E-state index in [-0.39, 0.29) is 18.0 Å². The van der Waals surface area contributed by atoms with Gasteiger partial charge in [0.2, 0.25) is 5.91 Å². The summed E-state index contributed by atoms with van der Waals surface area (Å²) in [4.78, 5) is 12.0. The van der Waals surface area contributed by atoms with Gasteiger partial charge in [0.05, 0.1) is 12.6 Å². The summed E-state index contributed by atoms with van der Waals surface area (Å²) >= 11 is 0. The van der Waals surface area contributed by atoms with Gasteiger partial charge in [0.1, 0.15) is 5.75 Å². The zero-order chi connectivity index (χ0) is 13.8. The lowest BCUT2D eigenvalue weighted by molar-refractivity contribution is -0.122. The molecule has 4 nitrogen and oxygen atoms in total. The van der Waals surface area contributed by atoms with Gasteiger partial charge in [0.25, 0.3) is 0 Å². The topological polar surface area (TPSA) is 64.4 Å². The van der Waals surface area contributed by atoms with E-state index in [4.69, 9.17) is 10.5 Å². The van der Waals surface area contributed by atoms with E-state index in [0.29, 0.717) is 18.9 Å². The molecule has 1 aliphatic rings. The van der Waals surface area contributed by atoms with Crippen LogP contribution in [0.5, 0.6) is 5.75 Å². The quantitative estimate of drug-likeness (QED) is 0.872. The van der Waals surface area contributed by atoms with E-state index >= 15 is 0 Å². The van der Waals surface area contributed by atoms with Crippen molar-refractivity contribution in [1.29, 1.82) is 0 Å². The highest BCUT2D eigenvalue weighted by Crippen LogP contribution is 2.31. The largest absolute Gasteiger partial charge is 0.493 e. The lowest BCUT2D eigenvalue weighted by Crippen LogP contribution is -2.37. The Labute approximate surface area is 114 Å². The molecule has 4 heteroatoms. The van der Waals surface area contributed by atoms with Crippen molar-refractivity contribution in [1.82, 2.24) is 5.32 Å². The molecule has 2 rings (SSSR count). The predicted molar refractivity (Wildman–Crippen MR) is 74.9 cm³/mol. The maximum atomic E-state index is 12.0. The number of ether oxygens (including phenoxy) is 1. The van der Waals surface area contributed by atoms with Crippen LogP contribution in [0.2, 0.25) is 0 Å². The van der Waals surface area contributed by atoms with Crippen LogP contribution in [-0.2, 0) is 4.79 Å². The molecule has 0 bridgehead atoms. The van der Waals surface area contributed by atoms with Gasteiger partial charge in [0.15, 0.2) is 0 Å². The van der Waals surface area contributed by atoms with Gasteiger partial charge >= 0.3 is 0 Å². The van der Waals surface area contributed by atoms with Gasteiger partial charge in [-0.15, -0.1) is 0 Å². The number of hydrogen-bond donors (Lipinski definition) is 2. The van der Waals surface area contributed by atoms with E-state index in [1.54, 1.807) is 0 Å². The van der Waals surface area contributed by atoms with Gasteiger partial charge in [0, 0.05) is 24.4 Å². The molecule has 1 aromatic carbocycles. The van der Waals surface area contributed by atoms with Crippen LogP contribution in [0.25, 0.3) is 0 Å². The Kier molecular flexibility index (Phi) is 4.43. The summed E-state index contributed by atoms with van der Waals surface area (Å²) in [6.45, 7) is 4.70. The number of nitrogens with one attached hydrogen (secondary N) is 1. The Morgan fingerprint density at radius 3 is 2.95 bits per heavy atom. The highest BCUT2D eigenvalue weighted by molar-refractivity contribution is 5.77. The van der Waals surface area contributed by atoms with Gasteiger partial charge in [-0.05, 0) is 12.0 Å². The number of hydrogen-bond acceptors (Lipinski definition) is 3. The monoisotopic (exact) mass is 262 g/mol. The molecule has 0 fully saturated rings. The number of para-hydroxylation sites is 1. The zero-order valence-corrected chi connectivity index (χ0v) is 11.6. The van der Waals surface area contributed by atoms with Crippen molar-refractivity contribution in [3.63, 3.8) is 0 Å². The first kappa shape index (κ1) is 13.9. The summed E-state index contributed by atoms with van der Waals surface area (Å²) in [5.41, 5.74) is 6.99. The van der Waals surface area contributed by atoms with Crippen molar-refractivity contribution in [2.24, 2.45) is 11.7 Å². The summed E-state index contributed by atoms with van der Waals surface area (Å²) in [5.74, 6) is 1.20. The van der Waals surface area contributed by atoms with Gasteiger partial charge in [-0.25, -0.2) is 0 Å². The first-order valence-corrected chi connectivity index (χ1v) is 6.84. The second kappa shape index (κ2) is 6.06.